The molecule has 2 fully saturated rings. The number of rotatable bonds is 4. The Kier molecular flexibility index (Phi) is 4.63. The molecule has 1 amide bonds. The molecule has 2 bridgehead atoms. The summed E-state index contributed by atoms with van der Waals surface area (Å²) >= 11 is 0. The molecule has 0 aliphatic carbocycles. The van der Waals surface area contributed by atoms with Gasteiger partial charge in [0.25, 0.3) is 0 Å². The average Bonchev–Trinajstić information content (AvgIpc) is 2.81. The predicted molar refractivity (Wildman–Crippen MR) is 85.2 cm³/mol. The van der Waals surface area contributed by atoms with E-state index in [2.05, 4.69) is 5.32 Å². The molecule has 1 N–H and O–H groups in total. The molecule has 1 aromatic carbocycles. The Labute approximate surface area is 141 Å². The van der Waals surface area contributed by atoms with Gasteiger partial charge in [-0.15, -0.1) is 0 Å². The number of nitrogens with zero attached hydrogens (tertiary/aromatic N) is 1. The third kappa shape index (κ3) is 3.31. The highest BCUT2D eigenvalue weighted by molar-refractivity contribution is 7.89. The molecule has 2 heterocycles. The van der Waals surface area contributed by atoms with Crippen molar-refractivity contribution in [2.45, 2.75) is 43.4 Å². The quantitative estimate of drug-likeness (QED) is 0.877. The zero-order valence-corrected chi connectivity index (χ0v) is 14.4. The molecule has 3 rings (SSSR count). The number of hydrogen-bond donors (Lipinski definition) is 1. The van der Waals surface area contributed by atoms with Crippen LogP contribution in [-0.2, 0) is 19.6 Å². The largest absolute Gasteiger partial charge is 0.371 e. The number of ether oxygens (including phenoxy) is 1. The van der Waals surface area contributed by atoms with Crippen molar-refractivity contribution in [1.82, 2.24) is 9.62 Å². The summed E-state index contributed by atoms with van der Waals surface area (Å²) in [6, 6.07) is 4.79. The first-order chi connectivity index (χ1) is 11.3. The Morgan fingerprint density at radius 1 is 1.29 bits per heavy atom. The summed E-state index contributed by atoms with van der Waals surface area (Å²) in [4.78, 5) is 12.3. The van der Waals surface area contributed by atoms with Gasteiger partial charge in [-0.2, -0.15) is 4.31 Å². The van der Waals surface area contributed by atoms with Crippen molar-refractivity contribution in [2.24, 2.45) is 5.92 Å². The van der Waals surface area contributed by atoms with Crippen LogP contribution in [0.25, 0.3) is 0 Å². The molecule has 8 heteroatoms. The van der Waals surface area contributed by atoms with Crippen LogP contribution in [0.3, 0.4) is 0 Å². The maximum absolute atomic E-state index is 13.0. The van der Waals surface area contributed by atoms with E-state index in [-0.39, 0.29) is 42.0 Å². The Morgan fingerprint density at radius 3 is 2.58 bits per heavy atom. The van der Waals surface area contributed by atoms with Crippen LogP contribution in [0.2, 0.25) is 0 Å². The fourth-order valence-electron chi connectivity index (χ4n) is 3.24. The van der Waals surface area contributed by atoms with Gasteiger partial charge < -0.3 is 10.1 Å². The van der Waals surface area contributed by atoms with Gasteiger partial charge in [-0.05, 0) is 44.5 Å². The van der Waals surface area contributed by atoms with E-state index < -0.39 is 21.9 Å². The van der Waals surface area contributed by atoms with Crippen molar-refractivity contribution in [1.29, 1.82) is 0 Å². The van der Waals surface area contributed by atoms with Crippen LogP contribution >= 0.6 is 0 Å². The first-order valence-corrected chi connectivity index (χ1v) is 9.43. The van der Waals surface area contributed by atoms with Gasteiger partial charge >= 0.3 is 0 Å². The number of amides is 1. The van der Waals surface area contributed by atoms with E-state index in [4.69, 9.17) is 4.74 Å². The second-order valence-corrected chi connectivity index (χ2v) is 8.52. The lowest BCUT2D eigenvalue weighted by molar-refractivity contribution is -0.127. The number of carbonyl (C=O) groups excluding carboxylic acids is 1. The molecular weight excluding hydrogens is 335 g/mol. The van der Waals surface area contributed by atoms with E-state index >= 15 is 0 Å². The van der Waals surface area contributed by atoms with Crippen molar-refractivity contribution in [3.05, 3.63) is 30.1 Å². The van der Waals surface area contributed by atoms with Crippen molar-refractivity contribution >= 4 is 15.9 Å². The number of nitrogens with one attached hydrogen (secondary N) is 1. The van der Waals surface area contributed by atoms with Gasteiger partial charge in [-0.3, -0.25) is 4.79 Å². The third-order valence-electron chi connectivity index (χ3n) is 4.34. The maximum Gasteiger partial charge on any atom is 0.243 e. The minimum absolute atomic E-state index is 0.0250. The first kappa shape index (κ1) is 17.3. The third-order valence-corrected chi connectivity index (χ3v) is 6.19. The lowest BCUT2D eigenvalue weighted by atomic mass is 9.99. The molecule has 2 saturated heterocycles. The lowest BCUT2D eigenvalue weighted by Crippen LogP contribution is -2.48. The van der Waals surface area contributed by atoms with Crippen LogP contribution in [0.4, 0.5) is 4.39 Å². The van der Waals surface area contributed by atoms with E-state index in [0.29, 0.717) is 6.42 Å². The van der Waals surface area contributed by atoms with Gasteiger partial charge in [0.2, 0.25) is 15.9 Å². The number of sulfonamides is 1. The highest BCUT2D eigenvalue weighted by Gasteiger charge is 2.47. The molecule has 6 nitrogen and oxygen atoms in total. The number of benzene rings is 1. The van der Waals surface area contributed by atoms with Gasteiger partial charge in [0.05, 0.1) is 23.0 Å². The van der Waals surface area contributed by atoms with Crippen LogP contribution < -0.4 is 5.32 Å². The maximum atomic E-state index is 13.0. The van der Waals surface area contributed by atoms with E-state index in [1.807, 2.05) is 13.8 Å². The monoisotopic (exact) mass is 356 g/mol. The van der Waals surface area contributed by atoms with Crippen molar-refractivity contribution in [2.75, 3.05) is 13.1 Å². The van der Waals surface area contributed by atoms with Crippen molar-refractivity contribution in [3.8, 4) is 0 Å². The molecule has 0 spiro atoms. The topological polar surface area (TPSA) is 75.7 Å². The molecule has 1 aromatic rings. The number of carbonyl (C=O) groups is 1. The molecule has 3 atom stereocenters. The Morgan fingerprint density at radius 2 is 1.96 bits per heavy atom. The van der Waals surface area contributed by atoms with E-state index in [0.717, 1.165) is 12.1 Å². The molecule has 0 aromatic heterocycles. The lowest BCUT2D eigenvalue weighted by Gasteiger charge is -2.32. The zero-order chi connectivity index (χ0) is 17.5. The average molecular weight is 356 g/mol. The van der Waals surface area contributed by atoms with E-state index in [1.54, 1.807) is 0 Å². The smallest absolute Gasteiger partial charge is 0.243 e. The van der Waals surface area contributed by atoms with Gasteiger partial charge in [-0.1, -0.05) is 0 Å². The normalized spacial score (nSPS) is 27.4. The molecule has 132 valence electrons. The standard InChI is InChI=1S/C16H21FN2O4S/c1-10(2)18-16(20)14-7-12-8-19(9-15(14)23-12)24(21,22)13-5-3-11(17)4-6-13/h3-6,10,12,14-15H,7-9H2,1-2H3,(H,18,20)/t12-,14+,15-/m0/s1. The van der Waals surface area contributed by atoms with Crippen LogP contribution in [0.5, 0.6) is 0 Å². The molecule has 24 heavy (non-hydrogen) atoms. The van der Waals surface area contributed by atoms with Gasteiger partial charge in [0.15, 0.2) is 0 Å². The summed E-state index contributed by atoms with van der Waals surface area (Å²) in [5.74, 6) is -0.925. The predicted octanol–water partition coefficient (Wildman–Crippen LogP) is 1.13. The molecule has 0 radical (unpaired) electrons. The minimum atomic E-state index is -3.72. The summed E-state index contributed by atoms with van der Waals surface area (Å²) in [6.07, 6.45) is -0.224. The Hall–Kier alpha value is -1.51. The van der Waals surface area contributed by atoms with Gasteiger partial charge in [0, 0.05) is 19.1 Å². The van der Waals surface area contributed by atoms with Gasteiger partial charge in [0.1, 0.15) is 5.82 Å². The fourth-order valence-corrected chi connectivity index (χ4v) is 4.73. The second kappa shape index (κ2) is 6.42. The Balaban J connectivity index is 1.76. The number of fused-ring (bicyclic) bond motifs is 2. The Bertz CT molecular complexity index is 720. The summed E-state index contributed by atoms with van der Waals surface area (Å²) in [7, 11) is -3.72. The van der Waals surface area contributed by atoms with Crippen LogP contribution in [0.1, 0.15) is 20.3 Å². The number of halogens is 1. The van der Waals surface area contributed by atoms with Gasteiger partial charge in [-0.25, -0.2) is 12.8 Å². The molecule has 0 unspecified atom stereocenters. The van der Waals surface area contributed by atoms with Crippen molar-refractivity contribution < 1.29 is 22.3 Å². The highest BCUT2D eigenvalue weighted by Crippen LogP contribution is 2.34. The van der Waals surface area contributed by atoms with Crippen LogP contribution in [0, 0.1) is 11.7 Å². The summed E-state index contributed by atoms with van der Waals surface area (Å²) in [5, 5.41) is 2.86. The second-order valence-electron chi connectivity index (χ2n) is 6.58. The zero-order valence-electron chi connectivity index (χ0n) is 13.6. The van der Waals surface area contributed by atoms with Crippen molar-refractivity contribution in [3.63, 3.8) is 0 Å². The molecule has 2 aliphatic heterocycles. The fraction of sp³-hybridized carbons (Fsp3) is 0.562. The summed E-state index contributed by atoms with van der Waals surface area (Å²) < 4.78 is 45.6. The van der Waals surface area contributed by atoms with E-state index in [1.165, 1.54) is 16.4 Å². The number of hydrogen-bond acceptors (Lipinski definition) is 4. The van der Waals surface area contributed by atoms with Crippen LogP contribution in [0.15, 0.2) is 29.2 Å². The van der Waals surface area contributed by atoms with E-state index in [9.17, 15) is 17.6 Å². The molecular formula is C16H21FN2O4S. The summed E-state index contributed by atoms with van der Waals surface area (Å²) in [5.41, 5.74) is 0. The summed E-state index contributed by atoms with van der Waals surface area (Å²) in [6.45, 7) is 4.10. The molecule has 0 saturated carbocycles. The first-order valence-electron chi connectivity index (χ1n) is 7.99. The minimum Gasteiger partial charge on any atom is -0.371 e. The SMILES string of the molecule is CC(C)NC(=O)[C@@H]1C[C@H]2CN(S(=O)(=O)c3ccc(F)cc3)C[C@@H]1O2. The molecule has 2 aliphatic rings. The highest BCUT2D eigenvalue weighted by atomic mass is 32.2. The number of morpholine rings is 1. The van der Waals surface area contributed by atoms with Crippen LogP contribution in [-0.4, -0.2) is 50.0 Å².